The fraction of sp³-hybridized carbons (Fsp3) is 0.364. The monoisotopic (exact) mass is 500 g/mol. The van der Waals surface area contributed by atoms with E-state index in [9.17, 15) is 4.79 Å². The van der Waals surface area contributed by atoms with Gasteiger partial charge in [0.15, 0.2) is 5.78 Å². The van der Waals surface area contributed by atoms with Gasteiger partial charge in [-0.3, -0.25) is 4.79 Å². The molecule has 2 atom stereocenters. The number of fused-ring (bicyclic) bond motifs is 1. The summed E-state index contributed by atoms with van der Waals surface area (Å²) in [4.78, 5) is 17.3. The van der Waals surface area contributed by atoms with Crippen LogP contribution in [-0.2, 0) is 4.79 Å². The number of Topliss-reactive ketones (excluding diaryl/α,β-unsaturated/α-hetero) is 1. The second-order valence-corrected chi connectivity index (χ2v) is 10.1. The molecule has 2 aliphatic rings. The van der Waals surface area contributed by atoms with Crippen LogP contribution in [0.5, 0.6) is 5.75 Å². The molecule has 0 aliphatic carbocycles. The summed E-state index contributed by atoms with van der Waals surface area (Å²) < 4.78 is 6.70. The van der Waals surface area contributed by atoms with Gasteiger partial charge in [-0.1, -0.05) is 56.0 Å². The summed E-state index contributed by atoms with van der Waals surface area (Å²) in [7, 11) is 6.06. The zero-order valence-electron chi connectivity index (χ0n) is 24.0. The Kier molecular flexibility index (Phi) is 9.74. The van der Waals surface area contributed by atoms with E-state index in [4.69, 9.17) is 4.74 Å². The van der Waals surface area contributed by atoms with E-state index in [1.165, 1.54) is 0 Å². The van der Waals surface area contributed by atoms with Crippen LogP contribution < -0.4 is 4.74 Å². The van der Waals surface area contributed by atoms with Crippen LogP contribution in [-0.4, -0.2) is 42.5 Å². The Labute approximate surface area is 224 Å². The van der Waals surface area contributed by atoms with Crippen LogP contribution in [0.25, 0.3) is 6.08 Å². The van der Waals surface area contributed by atoms with Gasteiger partial charge < -0.3 is 14.5 Å². The predicted molar refractivity (Wildman–Crippen MR) is 158 cm³/mol. The second-order valence-electron chi connectivity index (χ2n) is 10.1. The fourth-order valence-electron chi connectivity index (χ4n) is 5.11. The van der Waals surface area contributed by atoms with Crippen molar-refractivity contribution >= 4 is 11.9 Å². The number of likely N-dealkylation sites (N-methyl/N-ethyl adjacent to an activating group) is 2. The summed E-state index contributed by atoms with van der Waals surface area (Å²) >= 11 is 0. The van der Waals surface area contributed by atoms with Gasteiger partial charge in [0.25, 0.3) is 0 Å². The topological polar surface area (TPSA) is 32.8 Å². The van der Waals surface area contributed by atoms with Gasteiger partial charge in [-0.05, 0) is 69.6 Å². The minimum Gasteiger partial charge on any atom is -0.463 e. The molecule has 2 aliphatic heterocycles. The molecule has 4 heteroatoms. The van der Waals surface area contributed by atoms with E-state index in [1.54, 1.807) is 0 Å². The van der Waals surface area contributed by atoms with Crippen LogP contribution in [0, 0.1) is 11.3 Å². The molecule has 0 bridgehead atoms. The first kappa shape index (κ1) is 29.7. The molecule has 1 fully saturated rings. The lowest BCUT2D eigenvalue weighted by molar-refractivity contribution is -0.117. The number of ether oxygens (including phenoxy) is 1. The molecule has 37 heavy (non-hydrogen) atoms. The molecule has 1 saturated heterocycles. The first-order valence-electron chi connectivity index (χ1n) is 12.8. The van der Waals surface area contributed by atoms with Crippen LogP contribution in [0.15, 0.2) is 103 Å². The minimum atomic E-state index is -0.647. The molecule has 198 valence electrons. The number of benzene rings is 1. The highest BCUT2D eigenvalue weighted by Crippen LogP contribution is 2.56. The maximum atomic E-state index is 13.1. The summed E-state index contributed by atoms with van der Waals surface area (Å²) in [5.74, 6) is 0.713. The third-order valence-corrected chi connectivity index (χ3v) is 7.33. The van der Waals surface area contributed by atoms with Crippen molar-refractivity contribution in [3.05, 3.63) is 109 Å². The van der Waals surface area contributed by atoms with E-state index in [1.807, 2.05) is 76.2 Å². The lowest BCUT2D eigenvalue weighted by Gasteiger charge is -2.45. The molecule has 4 nitrogen and oxygen atoms in total. The van der Waals surface area contributed by atoms with Gasteiger partial charge >= 0.3 is 0 Å². The van der Waals surface area contributed by atoms with Crippen LogP contribution in [0.4, 0.5) is 0 Å². The van der Waals surface area contributed by atoms with Gasteiger partial charge in [-0.15, -0.1) is 13.2 Å². The highest BCUT2D eigenvalue weighted by Gasteiger charge is 2.59. The standard InChI is InChI=1S/C31H40N2O2.C2H4/c1-10-25(32(7)8)18-16-22(3)29(34)23(4)17-19-26-27(11-2)33(9)31(30(26,5)6)21-20-24-14-12-13-15-28(24)35-31;1-2/h10-16,18-22H,4,17H2,1-3,5-9H3;1-2H2/b18-16-,25-10+,26-19?,27-11+;. The smallest absolute Gasteiger partial charge is 0.211 e. The van der Waals surface area contributed by atoms with E-state index in [-0.39, 0.29) is 17.1 Å². The highest BCUT2D eigenvalue weighted by molar-refractivity contribution is 5.97. The number of likely N-dealkylation sites (tertiary alicyclic amines) is 1. The Morgan fingerprint density at radius 3 is 2.43 bits per heavy atom. The van der Waals surface area contributed by atoms with Crippen molar-refractivity contribution in [1.82, 2.24) is 9.80 Å². The zero-order chi connectivity index (χ0) is 28.0. The molecule has 0 saturated carbocycles. The number of hydrogen-bond donors (Lipinski definition) is 0. The average Bonchev–Trinajstić information content (AvgIpc) is 3.04. The SMILES string of the molecule is C=C.C=C(CC=C1/C(=C\C)N(C)C2(C=Cc3ccccc3O2)C1(C)C)C(=O)C(C)/C=C\C(=C/C)N(C)C. The molecule has 0 amide bonds. The Morgan fingerprint density at radius 2 is 1.84 bits per heavy atom. The molecular formula is C33H44N2O2. The minimum absolute atomic E-state index is 0.0657. The zero-order valence-corrected chi connectivity index (χ0v) is 24.0. The van der Waals surface area contributed by atoms with Gasteiger partial charge in [0.1, 0.15) is 5.75 Å². The summed E-state index contributed by atoms with van der Waals surface area (Å²) in [5, 5.41) is 0. The Hall–Kier alpha value is -3.53. The number of ketones is 1. The number of rotatable bonds is 7. The molecular weight excluding hydrogens is 456 g/mol. The number of carbonyl (C=O) groups is 1. The summed E-state index contributed by atoms with van der Waals surface area (Å²) in [6, 6.07) is 8.11. The third-order valence-electron chi connectivity index (χ3n) is 7.33. The number of allylic oxidation sites excluding steroid dienone is 7. The summed E-state index contributed by atoms with van der Waals surface area (Å²) in [6.45, 7) is 20.5. The Bertz CT molecular complexity index is 1160. The number of carbonyl (C=O) groups excluding carboxylic acids is 1. The van der Waals surface area contributed by atoms with Gasteiger partial charge in [0.2, 0.25) is 5.72 Å². The van der Waals surface area contributed by atoms with Gasteiger partial charge in [-0.2, -0.15) is 0 Å². The Balaban J connectivity index is 0.00000235. The molecule has 0 N–H and O–H groups in total. The molecule has 0 radical (unpaired) electrons. The van der Waals surface area contributed by atoms with Gasteiger partial charge in [0, 0.05) is 44.0 Å². The fourth-order valence-corrected chi connectivity index (χ4v) is 5.11. The average molecular weight is 501 g/mol. The first-order chi connectivity index (χ1) is 17.5. The highest BCUT2D eigenvalue weighted by atomic mass is 16.5. The molecule has 2 heterocycles. The van der Waals surface area contributed by atoms with Crippen LogP contribution in [0.2, 0.25) is 0 Å². The number of nitrogens with zero attached hydrogens (tertiary/aromatic N) is 2. The number of hydrogen-bond acceptors (Lipinski definition) is 4. The molecule has 1 aromatic carbocycles. The normalized spacial score (nSPS) is 23.0. The molecule has 3 rings (SSSR count). The van der Waals surface area contributed by atoms with Crippen LogP contribution in [0.3, 0.4) is 0 Å². The predicted octanol–water partition coefficient (Wildman–Crippen LogP) is 7.57. The maximum Gasteiger partial charge on any atom is 0.211 e. The molecule has 2 unspecified atom stereocenters. The van der Waals surface area contributed by atoms with E-state index < -0.39 is 5.72 Å². The summed E-state index contributed by atoms with van der Waals surface area (Å²) in [5.41, 5.74) is 4.03. The van der Waals surface area contributed by atoms with Crippen molar-refractivity contribution in [2.45, 2.75) is 46.8 Å². The lowest BCUT2D eigenvalue weighted by atomic mass is 9.75. The largest absolute Gasteiger partial charge is 0.463 e. The van der Waals surface area contributed by atoms with Crippen molar-refractivity contribution in [3.63, 3.8) is 0 Å². The third kappa shape index (κ3) is 5.58. The van der Waals surface area contributed by atoms with E-state index in [0.717, 1.165) is 28.3 Å². The van der Waals surface area contributed by atoms with Crippen molar-refractivity contribution in [1.29, 1.82) is 0 Å². The Morgan fingerprint density at radius 1 is 1.19 bits per heavy atom. The van der Waals surface area contributed by atoms with Crippen molar-refractivity contribution in [2.75, 3.05) is 21.1 Å². The maximum absolute atomic E-state index is 13.1. The molecule has 1 spiro atoms. The first-order valence-corrected chi connectivity index (χ1v) is 12.8. The van der Waals surface area contributed by atoms with E-state index >= 15 is 0 Å². The van der Waals surface area contributed by atoms with Gasteiger partial charge in [-0.25, -0.2) is 0 Å². The quantitative estimate of drug-likeness (QED) is 0.220. The van der Waals surface area contributed by atoms with Crippen LogP contribution >= 0.6 is 0 Å². The second kappa shape index (κ2) is 12.1. The molecule has 1 aromatic rings. The van der Waals surface area contributed by atoms with E-state index in [2.05, 4.69) is 75.9 Å². The van der Waals surface area contributed by atoms with Crippen molar-refractivity contribution < 1.29 is 9.53 Å². The van der Waals surface area contributed by atoms with E-state index in [0.29, 0.717) is 12.0 Å². The lowest BCUT2D eigenvalue weighted by Crippen LogP contribution is -2.54. The van der Waals surface area contributed by atoms with Gasteiger partial charge in [0.05, 0.1) is 5.41 Å². The van der Waals surface area contributed by atoms with Crippen molar-refractivity contribution in [2.24, 2.45) is 11.3 Å². The summed E-state index contributed by atoms with van der Waals surface area (Å²) in [6.07, 6.45) is 15.1. The number of para-hydroxylation sites is 1. The van der Waals surface area contributed by atoms with Crippen molar-refractivity contribution in [3.8, 4) is 5.75 Å². The van der Waals surface area contributed by atoms with Crippen LogP contribution in [0.1, 0.15) is 46.6 Å². The molecule has 0 aromatic heterocycles.